The largest absolute Gasteiger partial charge is 0.370 e. The van der Waals surface area contributed by atoms with E-state index in [9.17, 15) is 0 Å². The van der Waals surface area contributed by atoms with Gasteiger partial charge in [0.05, 0.1) is 19.8 Å². The van der Waals surface area contributed by atoms with Gasteiger partial charge in [0.1, 0.15) is 19.6 Å². The first-order chi connectivity index (χ1) is 7.26. The summed E-state index contributed by atoms with van der Waals surface area (Å²) >= 11 is 0. The van der Waals surface area contributed by atoms with Gasteiger partial charge in [-0.1, -0.05) is 0 Å². The maximum absolute atomic E-state index is 5.54. The van der Waals surface area contributed by atoms with E-state index in [0.29, 0.717) is 6.61 Å². The lowest BCUT2D eigenvalue weighted by molar-refractivity contribution is -0.938. The Balaban J connectivity index is 2.49. The Morgan fingerprint density at radius 1 is 1.27 bits per heavy atom. The van der Waals surface area contributed by atoms with Crippen LogP contribution in [-0.2, 0) is 14.2 Å². The van der Waals surface area contributed by atoms with Crippen LogP contribution in [0.5, 0.6) is 0 Å². The van der Waals surface area contributed by atoms with Gasteiger partial charge in [0.15, 0.2) is 0 Å². The van der Waals surface area contributed by atoms with Crippen LogP contribution >= 0.6 is 0 Å². The molecule has 0 aromatic heterocycles. The lowest BCUT2D eigenvalue weighted by Crippen LogP contribution is -2.58. The van der Waals surface area contributed by atoms with E-state index in [1.165, 1.54) is 0 Å². The van der Waals surface area contributed by atoms with Crippen LogP contribution in [0.25, 0.3) is 0 Å². The summed E-state index contributed by atoms with van der Waals surface area (Å²) in [6.07, 6.45) is -0.0759. The molecular weight excluding hydrogens is 194 g/mol. The van der Waals surface area contributed by atoms with Crippen LogP contribution in [0.3, 0.4) is 0 Å². The quantitative estimate of drug-likeness (QED) is 0.489. The fourth-order valence-electron chi connectivity index (χ4n) is 2.06. The molecule has 1 fully saturated rings. The Labute approximate surface area is 92.7 Å². The third-order valence-corrected chi connectivity index (χ3v) is 3.24. The van der Waals surface area contributed by atoms with Crippen molar-refractivity contribution in [2.24, 2.45) is 0 Å². The topological polar surface area (TPSA) is 27.7 Å². The van der Waals surface area contributed by atoms with Crippen molar-refractivity contribution >= 4 is 0 Å². The Bertz CT molecular complexity index is 169. The zero-order valence-electron chi connectivity index (χ0n) is 10.2. The average Bonchev–Trinajstić information content (AvgIpc) is 2.30. The second-order valence-electron chi connectivity index (χ2n) is 4.02. The molecular formula is C11H24NO3+. The summed E-state index contributed by atoms with van der Waals surface area (Å²) in [7, 11) is 1.72. The van der Waals surface area contributed by atoms with Gasteiger partial charge in [0.2, 0.25) is 6.29 Å². The number of likely N-dealkylation sites (N-methyl/N-ethyl adjacent to an activating group) is 1. The fourth-order valence-corrected chi connectivity index (χ4v) is 2.06. The van der Waals surface area contributed by atoms with Crippen molar-refractivity contribution in [1.82, 2.24) is 0 Å². The van der Waals surface area contributed by atoms with E-state index >= 15 is 0 Å². The van der Waals surface area contributed by atoms with Crippen LogP contribution in [0.1, 0.15) is 13.8 Å². The van der Waals surface area contributed by atoms with Gasteiger partial charge in [-0.2, -0.15) is 0 Å². The van der Waals surface area contributed by atoms with E-state index in [1.807, 2.05) is 6.92 Å². The molecule has 4 nitrogen and oxygen atoms in total. The van der Waals surface area contributed by atoms with E-state index < -0.39 is 0 Å². The summed E-state index contributed by atoms with van der Waals surface area (Å²) in [6.45, 7) is 10.9. The molecule has 1 aliphatic rings. The highest BCUT2D eigenvalue weighted by molar-refractivity contribution is 4.52. The first-order valence-electron chi connectivity index (χ1n) is 5.83. The third kappa shape index (κ3) is 3.72. The monoisotopic (exact) mass is 218 g/mol. The predicted octanol–water partition coefficient (Wildman–Crippen LogP) is 0.862. The zero-order valence-corrected chi connectivity index (χ0v) is 10.2. The normalized spacial score (nSPS) is 22.6. The predicted molar refractivity (Wildman–Crippen MR) is 58.6 cm³/mol. The van der Waals surface area contributed by atoms with Crippen molar-refractivity contribution in [2.75, 3.05) is 53.1 Å². The first kappa shape index (κ1) is 12.9. The Morgan fingerprint density at radius 3 is 2.40 bits per heavy atom. The summed E-state index contributed by atoms with van der Waals surface area (Å²) in [6, 6.07) is 0. The highest BCUT2D eigenvalue weighted by Crippen LogP contribution is 2.13. The van der Waals surface area contributed by atoms with Gasteiger partial charge in [-0.15, -0.1) is 0 Å². The summed E-state index contributed by atoms with van der Waals surface area (Å²) in [5.74, 6) is 0. The fraction of sp³-hybridized carbons (Fsp3) is 1.00. The van der Waals surface area contributed by atoms with Crippen LogP contribution in [0.15, 0.2) is 0 Å². The minimum absolute atomic E-state index is 0.0759. The van der Waals surface area contributed by atoms with Crippen molar-refractivity contribution in [1.29, 1.82) is 0 Å². The molecule has 15 heavy (non-hydrogen) atoms. The van der Waals surface area contributed by atoms with Crippen molar-refractivity contribution in [3.05, 3.63) is 0 Å². The van der Waals surface area contributed by atoms with Gasteiger partial charge < -0.3 is 18.7 Å². The van der Waals surface area contributed by atoms with Gasteiger partial charge in [0, 0.05) is 13.7 Å². The average molecular weight is 218 g/mol. The molecule has 4 heteroatoms. The SMILES string of the molecule is CCOC(C[N+]1(CC)CCOCC1)OC. The smallest absolute Gasteiger partial charge is 0.207 e. The van der Waals surface area contributed by atoms with Gasteiger partial charge in [0.25, 0.3) is 0 Å². The molecule has 0 radical (unpaired) electrons. The number of nitrogens with zero attached hydrogens (tertiary/aromatic N) is 1. The molecule has 1 atom stereocenters. The second-order valence-corrected chi connectivity index (χ2v) is 4.02. The van der Waals surface area contributed by atoms with E-state index in [-0.39, 0.29) is 6.29 Å². The summed E-state index contributed by atoms with van der Waals surface area (Å²) in [4.78, 5) is 0. The van der Waals surface area contributed by atoms with E-state index in [0.717, 1.165) is 43.9 Å². The van der Waals surface area contributed by atoms with Crippen molar-refractivity contribution in [3.8, 4) is 0 Å². The molecule has 0 saturated carbocycles. The molecule has 0 spiro atoms. The Hall–Kier alpha value is -0.160. The molecule has 1 unspecified atom stereocenters. The highest BCUT2D eigenvalue weighted by Gasteiger charge is 2.32. The van der Waals surface area contributed by atoms with Crippen LogP contribution in [-0.4, -0.2) is 63.9 Å². The minimum Gasteiger partial charge on any atom is -0.370 e. The summed E-state index contributed by atoms with van der Waals surface area (Å²) < 4.78 is 17.3. The summed E-state index contributed by atoms with van der Waals surface area (Å²) in [5, 5.41) is 0. The molecule has 0 N–H and O–H groups in total. The molecule has 0 amide bonds. The number of ether oxygens (including phenoxy) is 3. The molecule has 1 rings (SSSR count). The van der Waals surface area contributed by atoms with E-state index in [1.54, 1.807) is 7.11 Å². The molecule has 0 aromatic rings. The Kier molecular flexibility index (Phi) is 5.53. The number of methoxy groups -OCH3 is 1. The van der Waals surface area contributed by atoms with E-state index in [2.05, 4.69) is 6.92 Å². The Morgan fingerprint density at radius 2 is 1.93 bits per heavy atom. The molecule has 0 aliphatic carbocycles. The van der Waals surface area contributed by atoms with Gasteiger partial charge in [-0.3, -0.25) is 0 Å². The maximum Gasteiger partial charge on any atom is 0.207 e. The zero-order chi connectivity index (χ0) is 11.1. The van der Waals surface area contributed by atoms with Gasteiger partial charge >= 0.3 is 0 Å². The van der Waals surface area contributed by atoms with Gasteiger partial charge in [-0.25, -0.2) is 0 Å². The second kappa shape index (κ2) is 6.43. The summed E-state index contributed by atoms with van der Waals surface area (Å²) in [5.41, 5.74) is 0. The van der Waals surface area contributed by atoms with Crippen molar-refractivity contribution < 1.29 is 18.7 Å². The molecule has 1 aliphatic heterocycles. The number of hydrogen-bond donors (Lipinski definition) is 0. The van der Waals surface area contributed by atoms with E-state index in [4.69, 9.17) is 14.2 Å². The number of hydrogen-bond acceptors (Lipinski definition) is 3. The van der Waals surface area contributed by atoms with Crippen molar-refractivity contribution in [3.63, 3.8) is 0 Å². The lowest BCUT2D eigenvalue weighted by Gasteiger charge is -2.41. The van der Waals surface area contributed by atoms with Gasteiger partial charge in [-0.05, 0) is 13.8 Å². The van der Waals surface area contributed by atoms with Crippen LogP contribution in [0.2, 0.25) is 0 Å². The van der Waals surface area contributed by atoms with Crippen LogP contribution in [0, 0.1) is 0 Å². The number of rotatable bonds is 6. The molecule has 0 bridgehead atoms. The van der Waals surface area contributed by atoms with Crippen LogP contribution < -0.4 is 0 Å². The third-order valence-electron chi connectivity index (χ3n) is 3.24. The molecule has 0 aromatic carbocycles. The number of morpholine rings is 1. The van der Waals surface area contributed by atoms with Crippen LogP contribution in [0.4, 0.5) is 0 Å². The molecule has 90 valence electrons. The molecule has 1 saturated heterocycles. The standard InChI is InChI=1S/C11H24NO3/c1-4-12(6-8-14-9-7-12)10-11(13-3)15-5-2/h11H,4-10H2,1-3H3/q+1. The maximum atomic E-state index is 5.54. The molecule has 1 heterocycles. The van der Waals surface area contributed by atoms with Crippen molar-refractivity contribution in [2.45, 2.75) is 20.1 Å². The minimum atomic E-state index is -0.0759. The number of quaternary nitrogens is 1. The lowest BCUT2D eigenvalue weighted by atomic mass is 10.3. The first-order valence-corrected chi connectivity index (χ1v) is 5.83. The highest BCUT2D eigenvalue weighted by atomic mass is 16.7.